The van der Waals surface area contributed by atoms with E-state index in [1.165, 1.54) is 0 Å². The lowest BCUT2D eigenvalue weighted by Crippen LogP contribution is -2.39. The Labute approximate surface area is 159 Å². The Hall–Kier alpha value is -2.76. The molecule has 4 rings (SSSR count). The Morgan fingerprint density at radius 1 is 1.11 bits per heavy atom. The maximum Gasteiger partial charge on any atom is 0.254 e. The molecule has 1 saturated heterocycles. The second-order valence-electron chi connectivity index (χ2n) is 7.35. The average Bonchev–Trinajstić information content (AvgIpc) is 2.73. The monoisotopic (exact) mass is 364 g/mol. The summed E-state index contributed by atoms with van der Waals surface area (Å²) in [5.74, 6) is 1.21. The molecule has 6 heteroatoms. The van der Waals surface area contributed by atoms with Gasteiger partial charge in [-0.3, -0.25) is 9.59 Å². The SMILES string of the molecule is CC(=O)N1CCC[C@H](c2ncc3c(n2)CCN(C(=O)c2ccccc2)C3)C1. The largest absolute Gasteiger partial charge is 0.342 e. The quantitative estimate of drug-likeness (QED) is 0.821. The van der Waals surface area contributed by atoms with Crippen molar-refractivity contribution in [2.75, 3.05) is 19.6 Å². The van der Waals surface area contributed by atoms with E-state index in [1.807, 2.05) is 46.3 Å². The Morgan fingerprint density at radius 2 is 1.93 bits per heavy atom. The minimum absolute atomic E-state index is 0.0507. The second kappa shape index (κ2) is 7.47. The number of fused-ring (bicyclic) bond motifs is 1. The summed E-state index contributed by atoms with van der Waals surface area (Å²) in [6, 6.07) is 9.38. The van der Waals surface area contributed by atoms with Crippen molar-refractivity contribution >= 4 is 11.8 Å². The number of aromatic nitrogens is 2. The first kappa shape index (κ1) is 17.6. The predicted octanol–water partition coefficient (Wildman–Crippen LogP) is 2.40. The van der Waals surface area contributed by atoms with Crippen molar-refractivity contribution in [1.82, 2.24) is 19.8 Å². The molecule has 0 spiro atoms. The molecule has 2 aliphatic heterocycles. The van der Waals surface area contributed by atoms with Gasteiger partial charge in [0.05, 0.1) is 5.69 Å². The van der Waals surface area contributed by atoms with Crippen LogP contribution < -0.4 is 0 Å². The van der Waals surface area contributed by atoms with E-state index < -0.39 is 0 Å². The van der Waals surface area contributed by atoms with Gasteiger partial charge in [0.15, 0.2) is 0 Å². The number of carbonyl (C=O) groups excluding carboxylic acids is 2. The van der Waals surface area contributed by atoms with E-state index in [1.54, 1.807) is 6.92 Å². The number of hydrogen-bond donors (Lipinski definition) is 0. The molecule has 0 aliphatic carbocycles. The number of rotatable bonds is 2. The Kier molecular flexibility index (Phi) is 4.88. The fraction of sp³-hybridized carbons (Fsp3) is 0.429. The van der Waals surface area contributed by atoms with E-state index in [2.05, 4.69) is 4.98 Å². The first-order valence-corrected chi connectivity index (χ1v) is 9.56. The molecule has 2 aromatic rings. The van der Waals surface area contributed by atoms with Crippen molar-refractivity contribution in [3.8, 4) is 0 Å². The molecule has 1 fully saturated rings. The molecule has 0 N–H and O–H groups in total. The highest BCUT2D eigenvalue weighted by Crippen LogP contribution is 2.26. The van der Waals surface area contributed by atoms with E-state index in [0.29, 0.717) is 25.2 Å². The molecule has 6 nitrogen and oxygen atoms in total. The topological polar surface area (TPSA) is 66.4 Å². The van der Waals surface area contributed by atoms with Crippen molar-refractivity contribution < 1.29 is 9.59 Å². The summed E-state index contributed by atoms with van der Waals surface area (Å²) in [7, 11) is 0. The molecule has 3 heterocycles. The van der Waals surface area contributed by atoms with Crippen LogP contribution in [0.5, 0.6) is 0 Å². The molecule has 0 radical (unpaired) electrons. The van der Waals surface area contributed by atoms with Crippen molar-refractivity contribution in [2.45, 2.75) is 38.6 Å². The highest BCUT2D eigenvalue weighted by molar-refractivity contribution is 5.94. The van der Waals surface area contributed by atoms with Crippen LogP contribution in [0.15, 0.2) is 36.5 Å². The molecule has 2 amide bonds. The summed E-state index contributed by atoms with van der Waals surface area (Å²) in [6.45, 7) is 4.36. The normalized spacial score (nSPS) is 19.5. The summed E-state index contributed by atoms with van der Waals surface area (Å²) < 4.78 is 0. The highest BCUT2D eigenvalue weighted by atomic mass is 16.2. The molecule has 1 aromatic carbocycles. The van der Waals surface area contributed by atoms with Crippen molar-refractivity contribution in [3.63, 3.8) is 0 Å². The van der Waals surface area contributed by atoms with Gasteiger partial charge in [-0.05, 0) is 25.0 Å². The fourth-order valence-electron chi connectivity index (χ4n) is 3.94. The van der Waals surface area contributed by atoms with Crippen molar-refractivity contribution in [1.29, 1.82) is 0 Å². The minimum Gasteiger partial charge on any atom is -0.342 e. The first-order chi connectivity index (χ1) is 13.1. The van der Waals surface area contributed by atoms with Crippen LogP contribution in [0.1, 0.15) is 53.1 Å². The van der Waals surface area contributed by atoms with Crippen LogP contribution in [0.25, 0.3) is 0 Å². The summed E-state index contributed by atoms with van der Waals surface area (Å²) in [4.78, 5) is 37.5. The fourth-order valence-corrected chi connectivity index (χ4v) is 3.94. The lowest BCUT2D eigenvalue weighted by Gasteiger charge is -2.32. The van der Waals surface area contributed by atoms with Gasteiger partial charge >= 0.3 is 0 Å². The van der Waals surface area contributed by atoms with E-state index >= 15 is 0 Å². The number of amides is 2. The minimum atomic E-state index is 0.0507. The van der Waals surface area contributed by atoms with Crippen LogP contribution >= 0.6 is 0 Å². The van der Waals surface area contributed by atoms with Crippen molar-refractivity contribution in [3.05, 3.63) is 59.2 Å². The van der Waals surface area contributed by atoms with Gasteiger partial charge in [0.2, 0.25) is 5.91 Å². The van der Waals surface area contributed by atoms with Crippen LogP contribution in [0, 0.1) is 0 Å². The lowest BCUT2D eigenvalue weighted by atomic mass is 9.96. The summed E-state index contributed by atoms with van der Waals surface area (Å²) in [5, 5.41) is 0. The molecule has 2 aliphatic rings. The van der Waals surface area contributed by atoms with E-state index in [4.69, 9.17) is 4.98 Å². The van der Waals surface area contributed by atoms with Gasteiger partial charge in [0, 0.05) is 62.8 Å². The van der Waals surface area contributed by atoms with Gasteiger partial charge in [-0.15, -0.1) is 0 Å². The van der Waals surface area contributed by atoms with E-state index in [0.717, 1.165) is 42.9 Å². The third kappa shape index (κ3) is 3.70. The van der Waals surface area contributed by atoms with Gasteiger partial charge in [0.1, 0.15) is 5.82 Å². The van der Waals surface area contributed by atoms with E-state index in [-0.39, 0.29) is 17.7 Å². The van der Waals surface area contributed by atoms with Crippen LogP contribution in [0.4, 0.5) is 0 Å². The van der Waals surface area contributed by atoms with Gasteiger partial charge in [-0.25, -0.2) is 9.97 Å². The van der Waals surface area contributed by atoms with Crippen LogP contribution in [-0.4, -0.2) is 51.2 Å². The molecule has 140 valence electrons. The Bertz CT molecular complexity index is 853. The van der Waals surface area contributed by atoms with Crippen molar-refractivity contribution in [2.24, 2.45) is 0 Å². The van der Waals surface area contributed by atoms with Crippen LogP contribution in [0.3, 0.4) is 0 Å². The second-order valence-corrected chi connectivity index (χ2v) is 7.35. The number of hydrogen-bond acceptors (Lipinski definition) is 4. The number of benzene rings is 1. The highest BCUT2D eigenvalue weighted by Gasteiger charge is 2.27. The molecular weight excluding hydrogens is 340 g/mol. The summed E-state index contributed by atoms with van der Waals surface area (Å²) in [5.41, 5.74) is 2.77. The number of nitrogens with zero attached hydrogens (tertiary/aromatic N) is 4. The molecule has 1 aromatic heterocycles. The van der Waals surface area contributed by atoms with Gasteiger partial charge in [0.25, 0.3) is 5.91 Å². The molecule has 0 saturated carbocycles. The maximum absolute atomic E-state index is 12.7. The molecular formula is C21H24N4O2. The lowest BCUT2D eigenvalue weighted by molar-refractivity contribution is -0.130. The number of piperidine rings is 1. The summed E-state index contributed by atoms with van der Waals surface area (Å²) >= 11 is 0. The zero-order valence-corrected chi connectivity index (χ0v) is 15.6. The molecule has 27 heavy (non-hydrogen) atoms. The number of carbonyl (C=O) groups is 2. The van der Waals surface area contributed by atoms with Crippen LogP contribution in [0.2, 0.25) is 0 Å². The zero-order valence-electron chi connectivity index (χ0n) is 15.6. The summed E-state index contributed by atoms with van der Waals surface area (Å²) in [6.07, 6.45) is 4.62. The molecule has 0 bridgehead atoms. The standard InChI is InChI=1S/C21H24N4O2/c1-15(26)24-10-5-8-17(13-24)20-22-12-18-14-25(11-9-19(18)23-20)21(27)16-6-3-2-4-7-16/h2-4,6-7,12,17H,5,8-11,13-14H2,1H3/t17-/m0/s1. The average molecular weight is 364 g/mol. The molecule has 0 unspecified atom stereocenters. The van der Waals surface area contributed by atoms with Gasteiger partial charge in [-0.1, -0.05) is 18.2 Å². The third-order valence-corrected chi connectivity index (χ3v) is 5.49. The smallest absolute Gasteiger partial charge is 0.254 e. The van der Waals surface area contributed by atoms with Gasteiger partial charge < -0.3 is 9.80 Å². The maximum atomic E-state index is 12.7. The van der Waals surface area contributed by atoms with Gasteiger partial charge in [-0.2, -0.15) is 0 Å². The Balaban J connectivity index is 1.48. The zero-order chi connectivity index (χ0) is 18.8. The van der Waals surface area contributed by atoms with Crippen LogP contribution in [-0.2, 0) is 17.8 Å². The van der Waals surface area contributed by atoms with E-state index in [9.17, 15) is 9.59 Å². The predicted molar refractivity (Wildman–Crippen MR) is 101 cm³/mol. The first-order valence-electron chi connectivity index (χ1n) is 9.56. The third-order valence-electron chi connectivity index (χ3n) is 5.49. The Morgan fingerprint density at radius 3 is 2.70 bits per heavy atom. The molecule has 1 atom stereocenters. The number of likely N-dealkylation sites (tertiary alicyclic amines) is 1.